The molecule has 0 saturated heterocycles. The van der Waals surface area contributed by atoms with Gasteiger partial charge in [0.05, 0.1) is 25.6 Å². The van der Waals surface area contributed by atoms with Crippen LogP contribution < -0.4 is 14.4 Å². The number of hydrogen-bond donors (Lipinski definition) is 1. The lowest BCUT2D eigenvalue weighted by molar-refractivity contribution is 0.0955. The van der Waals surface area contributed by atoms with Crippen molar-refractivity contribution in [1.29, 1.82) is 0 Å². The molecule has 2 rings (SSSR count). The van der Waals surface area contributed by atoms with Gasteiger partial charge in [-0.2, -0.15) is 0 Å². The number of anilines is 1. The first-order valence-corrected chi connectivity index (χ1v) is 10.0. The lowest BCUT2D eigenvalue weighted by Crippen LogP contribution is -2.38. The van der Waals surface area contributed by atoms with Crippen molar-refractivity contribution in [1.82, 2.24) is 5.32 Å². The lowest BCUT2D eigenvalue weighted by atomic mass is 10.1. The van der Waals surface area contributed by atoms with Crippen molar-refractivity contribution in [3.05, 3.63) is 59.2 Å². The maximum Gasteiger partial charge on any atom is 0.251 e. The molecule has 0 fully saturated rings. The molecule has 6 nitrogen and oxygen atoms in total. The first-order valence-electron chi connectivity index (χ1n) is 8.20. The highest BCUT2D eigenvalue weighted by molar-refractivity contribution is 7.92. The molecule has 0 atom stereocenters. The van der Waals surface area contributed by atoms with Crippen LogP contribution in [0.3, 0.4) is 0 Å². The van der Waals surface area contributed by atoms with E-state index in [0.717, 1.165) is 11.1 Å². The molecule has 0 unspecified atom stereocenters. The zero-order valence-corrected chi connectivity index (χ0v) is 16.3. The number of ether oxygens (including phenoxy) is 1. The van der Waals surface area contributed by atoms with Crippen molar-refractivity contribution in [2.24, 2.45) is 0 Å². The molecule has 0 spiro atoms. The van der Waals surface area contributed by atoms with Crippen LogP contribution >= 0.6 is 0 Å². The fraction of sp³-hybridized carbons (Fsp3) is 0.316. The molecule has 2 aromatic carbocycles. The number of aryl methyl sites for hydroxylation is 2. The number of nitrogens with one attached hydrogen (secondary N) is 1. The Bertz CT molecular complexity index is 857. The summed E-state index contributed by atoms with van der Waals surface area (Å²) in [6.07, 6.45) is 1.17. The number of hydrogen-bond acceptors (Lipinski definition) is 4. The van der Waals surface area contributed by atoms with E-state index in [2.05, 4.69) is 5.32 Å². The van der Waals surface area contributed by atoms with Gasteiger partial charge < -0.3 is 10.1 Å². The number of benzene rings is 2. The highest BCUT2D eigenvalue weighted by Crippen LogP contribution is 2.26. The Morgan fingerprint density at radius 3 is 2.15 bits per heavy atom. The van der Waals surface area contributed by atoms with Gasteiger partial charge in [-0.25, -0.2) is 8.42 Å². The SMILES string of the molecule is COc1ccc(C(=O)NCCN(c2c(C)cccc2C)S(C)(=O)=O)cc1. The lowest BCUT2D eigenvalue weighted by Gasteiger charge is -2.26. The summed E-state index contributed by atoms with van der Waals surface area (Å²) in [6.45, 7) is 4.10. The van der Waals surface area contributed by atoms with Crippen LogP contribution in [0.2, 0.25) is 0 Å². The Labute approximate surface area is 154 Å². The van der Waals surface area contributed by atoms with E-state index in [9.17, 15) is 13.2 Å². The summed E-state index contributed by atoms with van der Waals surface area (Å²) in [5.74, 6) is 0.405. The van der Waals surface area contributed by atoms with Gasteiger partial charge in [-0.1, -0.05) is 18.2 Å². The Morgan fingerprint density at radius 2 is 1.65 bits per heavy atom. The number of nitrogens with zero attached hydrogens (tertiary/aromatic N) is 1. The second-order valence-corrected chi connectivity index (χ2v) is 7.97. The summed E-state index contributed by atoms with van der Waals surface area (Å²) in [5.41, 5.74) is 2.89. The van der Waals surface area contributed by atoms with Gasteiger partial charge in [-0.15, -0.1) is 0 Å². The normalized spacial score (nSPS) is 11.1. The third-order valence-corrected chi connectivity index (χ3v) is 5.21. The maximum atomic E-state index is 12.3. The standard InChI is InChI=1S/C19H24N2O4S/c1-14-6-5-7-15(2)18(14)21(26(4,23)24)13-12-20-19(22)16-8-10-17(25-3)11-9-16/h5-11H,12-13H2,1-4H3,(H,20,22). The number of methoxy groups -OCH3 is 1. The molecule has 0 aliphatic rings. The fourth-order valence-corrected chi connectivity index (χ4v) is 3.80. The van der Waals surface area contributed by atoms with Gasteiger partial charge in [0.2, 0.25) is 10.0 Å². The van der Waals surface area contributed by atoms with Crippen LogP contribution in [-0.2, 0) is 10.0 Å². The molecule has 1 N–H and O–H groups in total. The molecular formula is C19H24N2O4S. The van der Waals surface area contributed by atoms with Crippen molar-refractivity contribution < 1.29 is 17.9 Å². The van der Waals surface area contributed by atoms with E-state index in [-0.39, 0.29) is 19.0 Å². The summed E-state index contributed by atoms with van der Waals surface area (Å²) >= 11 is 0. The van der Waals surface area contributed by atoms with Gasteiger partial charge in [0.25, 0.3) is 5.91 Å². The first kappa shape index (κ1) is 19.8. The molecular weight excluding hydrogens is 352 g/mol. The Balaban J connectivity index is 2.10. The van der Waals surface area contributed by atoms with Crippen molar-refractivity contribution in [3.63, 3.8) is 0 Å². The fourth-order valence-electron chi connectivity index (χ4n) is 2.76. The van der Waals surface area contributed by atoms with E-state index in [4.69, 9.17) is 4.74 Å². The van der Waals surface area contributed by atoms with Gasteiger partial charge in [-0.05, 0) is 49.2 Å². The van der Waals surface area contributed by atoms with Crippen LogP contribution in [0.1, 0.15) is 21.5 Å². The van der Waals surface area contributed by atoms with E-state index < -0.39 is 10.0 Å². The zero-order valence-electron chi connectivity index (χ0n) is 15.4. The Hall–Kier alpha value is -2.54. The van der Waals surface area contributed by atoms with E-state index in [1.165, 1.54) is 10.6 Å². The number of rotatable bonds is 7. The summed E-state index contributed by atoms with van der Waals surface area (Å²) < 4.78 is 30.9. The molecule has 7 heteroatoms. The van der Waals surface area contributed by atoms with E-state index in [1.807, 2.05) is 32.0 Å². The first-order chi connectivity index (χ1) is 12.2. The molecule has 140 valence electrons. The number of carbonyl (C=O) groups excluding carboxylic acids is 1. The molecule has 0 radical (unpaired) electrons. The largest absolute Gasteiger partial charge is 0.497 e. The Morgan fingerprint density at radius 1 is 1.08 bits per heavy atom. The van der Waals surface area contributed by atoms with E-state index >= 15 is 0 Å². The van der Waals surface area contributed by atoms with E-state index in [0.29, 0.717) is 17.0 Å². The van der Waals surface area contributed by atoms with E-state index in [1.54, 1.807) is 31.4 Å². The van der Waals surface area contributed by atoms with Gasteiger partial charge >= 0.3 is 0 Å². The second-order valence-electron chi connectivity index (χ2n) is 6.06. The predicted molar refractivity (Wildman–Crippen MR) is 103 cm³/mol. The molecule has 0 heterocycles. The highest BCUT2D eigenvalue weighted by Gasteiger charge is 2.21. The van der Waals surface area contributed by atoms with Crippen molar-refractivity contribution in [2.75, 3.05) is 30.8 Å². The Kier molecular flexibility index (Phi) is 6.26. The molecule has 0 bridgehead atoms. The van der Waals surface area contributed by atoms with Crippen LogP contribution in [0.5, 0.6) is 5.75 Å². The molecule has 0 aliphatic carbocycles. The maximum absolute atomic E-state index is 12.3. The molecule has 0 saturated carbocycles. The van der Waals surface area contributed by atoms with Crippen molar-refractivity contribution in [3.8, 4) is 5.75 Å². The van der Waals surface area contributed by atoms with Crippen LogP contribution in [0, 0.1) is 13.8 Å². The second kappa shape index (κ2) is 8.23. The minimum Gasteiger partial charge on any atom is -0.497 e. The number of para-hydroxylation sites is 1. The quantitative estimate of drug-likeness (QED) is 0.806. The monoisotopic (exact) mass is 376 g/mol. The summed E-state index contributed by atoms with van der Waals surface area (Å²) in [6, 6.07) is 12.4. The van der Waals surface area contributed by atoms with Crippen molar-refractivity contribution >= 4 is 21.6 Å². The molecule has 0 aliphatic heterocycles. The number of carbonyl (C=O) groups is 1. The average molecular weight is 376 g/mol. The van der Waals surface area contributed by atoms with Crippen LogP contribution in [-0.4, -0.2) is 40.8 Å². The molecule has 2 aromatic rings. The highest BCUT2D eigenvalue weighted by atomic mass is 32.2. The predicted octanol–water partition coefficient (Wildman–Crippen LogP) is 2.51. The van der Waals surface area contributed by atoms with Crippen molar-refractivity contribution in [2.45, 2.75) is 13.8 Å². The minimum absolute atomic E-state index is 0.159. The third kappa shape index (κ3) is 4.76. The number of amides is 1. The molecule has 26 heavy (non-hydrogen) atoms. The van der Waals surface area contributed by atoms with Gasteiger partial charge in [-0.3, -0.25) is 9.10 Å². The van der Waals surface area contributed by atoms with Gasteiger partial charge in [0, 0.05) is 12.1 Å². The molecule has 1 amide bonds. The molecule has 0 aromatic heterocycles. The summed E-state index contributed by atoms with van der Waals surface area (Å²) in [4.78, 5) is 12.2. The summed E-state index contributed by atoms with van der Waals surface area (Å²) in [5, 5.41) is 2.76. The minimum atomic E-state index is -3.47. The zero-order chi connectivity index (χ0) is 19.3. The van der Waals surface area contributed by atoms with Gasteiger partial charge in [0.1, 0.15) is 5.75 Å². The topological polar surface area (TPSA) is 75.7 Å². The van der Waals surface area contributed by atoms with Crippen LogP contribution in [0.4, 0.5) is 5.69 Å². The van der Waals surface area contributed by atoms with Crippen LogP contribution in [0.15, 0.2) is 42.5 Å². The summed E-state index contributed by atoms with van der Waals surface area (Å²) in [7, 11) is -1.91. The number of sulfonamides is 1. The van der Waals surface area contributed by atoms with Crippen LogP contribution in [0.25, 0.3) is 0 Å². The van der Waals surface area contributed by atoms with Gasteiger partial charge in [0.15, 0.2) is 0 Å². The smallest absolute Gasteiger partial charge is 0.251 e. The average Bonchev–Trinajstić information content (AvgIpc) is 2.59. The third-order valence-electron chi connectivity index (χ3n) is 4.04.